The molecule has 4 aromatic rings. The first kappa shape index (κ1) is 20.9. The molecule has 0 radical (unpaired) electrons. The van der Waals surface area contributed by atoms with Crippen LogP contribution in [0.2, 0.25) is 0 Å². The van der Waals surface area contributed by atoms with Gasteiger partial charge in [-0.1, -0.05) is 12.1 Å². The van der Waals surface area contributed by atoms with E-state index in [2.05, 4.69) is 30.9 Å². The quantitative estimate of drug-likeness (QED) is 0.433. The van der Waals surface area contributed by atoms with E-state index in [9.17, 15) is 9.18 Å². The van der Waals surface area contributed by atoms with Crippen molar-refractivity contribution in [1.82, 2.24) is 25.3 Å². The van der Waals surface area contributed by atoms with E-state index >= 15 is 0 Å². The molecule has 1 aliphatic heterocycles. The Balaban J connectivity index is 1.37. The Morgan fingerprint density at radius 2 is 1.82 bits per heavy atom. The third-order valence-corrected chi connectivity index (χ3v) is 5.54. The molecule has 1 fully saturated rings. The van der Waals surface area contributed by atoms with Crippen molar-refractivity contribution in [3.63, 3.8) is 0 Å². The van der Waals surface area contributed by atoms with Gasteiger partial charge in [0.25, 0.3) is 5.91 Å². The lowest BCUT2D eigenvalue weighted by atomic mass is 10.1. The Bertz CT molecular complexity index is 1290. The Morgan fingerprint density at radius 3 is 2.64 bits per heavy atom. The summed E-state index contributed by atoms with van der Waals surface area (Å²) < 4.78 is 13.1. The van der Waals surface area contributed by atoms with E-state index in [0.717, 1.165) is 48.4 Å². The molecule has 2 aromatic heterocycles. The zero-order chi connectivity index (χ0) is 22.6. The lowest BCUT2D eigenvalue weighted by Gasteiger charge is -2.24. The minimum atomic E-state index is -0.409. The number of nitrogens with one attached hydrogen (secondary N) is 3. The van der Waals surface area contributed by atoms with Crippen LogP contribution >= 0.6 is 0 Å². The predicted octanol–water partition coefficient (Wildman–Crippen LogP) is 3.64. The molecular weight excluding hydrogens is 421 g/mol. The number of nitrogens with zero attached hydrogens (tertiary/aromatic N) is 4. The third kappa shape index (κ3) is 4.93. The molecule has 8 nitrogen and oxygen atoms in total. The molecule has 0 saturated carbocycles. The summed E-state index contributed by atoms with van der Waals surface area (Å²) in [5.74, 6) is 0.100. The summed E-state index contributed by atoms with van der Waals surface area (Å²) in [6, 6.07) is 11.4. The van der Waals surface area contributed by atoms with Crippen LogP contribution < -0.4 is 16.0 Å². The minimum absolute atomic E-state index is 0.168. The molecule has 0 aliphatic carbocycles. The van der Waals surface area contributed by atoms with E-state index in [1.165, 1.54) is 24.3 Å². The van der Waals surface area contributed by atoms with Gasteiger partial charge in [0.15, 0.2) is 0 Å². The third-order valence-electron chi connectivity index (χ3n) is 5.54. The van der Waals surface area contributed by atoms with Gasteiger partial charge in [-0.3, -0.25) is 15.1 Å². The Hall–Kier alpha value is -3.98. The first-order chi connectivity index (χ1) is 16.1. The van der Waals surface area contributed by atoms with Crippen molar-refractivity contribution < 1.29 is 9.18 Å². The second-order valence-electron chi connectivity index (χ2n) is 7.89. The van der Waals surface area contributed by atoms with Crippen molar-refractivity contribution in [2.24, 2.45) is 0 Å². The molecule has 0 unspecified atom stereocenters. The van der Waals surface area contributed by atoms with Crippen LogP contribution in [0.1, 0.15) is 23.2 Å². The van der Waals surface area contributed by atoms with Gasteiger partial charge < -0.3 is 10.6 Å². The highest BCUT2D eigenvalue weighted by Gasteiger charge is 2.14. The lowest BCUT2D eigenvalue weighted by molar-refractivity contribution is 0.102. The fourth-order valence-electron chi connectivity index (χ4n) is 3.77. The van der Waals surface area contributed by atoms with Gasteiger partial charge in [-0.25, -0.2) is 19.3 Å². The topological polar surface area (TPSA) is 105 Å². The van der Waals surface area contributed by atoms with Gasteiger partial charge in [0, 0.05) is 28.8 Å². The summed E-state index contributed by atoms with van der Waals surface area (Å²) in [5.41, 5.74) is 2.57. The fourth-order valence-corrected chi connectivity index (χ4v) is 3.77. The van der Waals surface area contributed by atoms with Gasteiger partial charge in [-0.15, -0.1) is 0 Å². The normalized spacial score (nSPS) is 14.2. The number of hydrogen-bond acceptors (Lipinski definition) is 7. The van der Waals surface area contributed by atoms with Crippen LogP contribution in [0, 0.1) is 5.82 Å². The molecule has 5 rings (SSSR count). The SMILES string of the molecule is O=C(Nc1ncc2ccc(-c3cncc(NC4CCNCC4)n3)cc2n1)c1ccc(F)cc1. The Labute approximate surface area is 189 Å². The molecule has 1 aliphatic rings. The second kappa shape index (κ2) is 9.25. The summed E-state index contributed by atoms with van der Waals surface area (Å²) in [7, 11) is 0. The van der Waals surface area contributed by atoms with Crippen LogP contribution in [-0.4, -0.2) is 45.0 Å². The van der Waals surface area contributed by atoms with E-state index in [1.807, 2.05) is 18.2 Å². The molecule has 2 aromatic carbocycles. The van der Waals surface area contributed by atoms with Gasteiger partial charge >= 0.3 is 0 Å². The molecular formula is C24H22FN7O. The molecule has 166 valence electrons. The van der Waals surface area contributed by atoms with E-state index in [4.69, 9.17) is 4.98 Å². The van der Waals surface area contributed by atoms with Crippen LogP contribution in [0.4, 0.5) is 16.2 Å². The molecule has 3 heterocycles. The van der Waals surface area contributed by atoms with Crippen molar-refractivity contribution in [3.05, 3.63) is 72.4 Å². The summed E-state index contributed by atoms with van der Waals surface area (Å²) >= 11 is 0. The first-order valence-electron chi connectivity index (χ1n) is 10.8. The maximum Gasteiger partial charge on any atom is 0.258 e. The van der Waals surface area contributed by atoms with Crippen LogP contribution in [0.3, 0.4) is 0 Å². The van der Waals surface area contributed by atoms with Gasteiger partial charge in [0.2, 0.25) is 5.95 Å². The fraction of sp³-hybridized carbons (Fsp3) is 0.208. The van der Waals surface area contributed by atoms with Crippen molar-refractivity contribution in [3.8, 4) is 11.3 Å². The number of aromatic nitrogens is 4. The Kier molecular flexibility index (Phi) is 5.86. The monoisotopic (exact) mass is 443 g/mol. The molecule has 33 heavy (non-hydrogen) atoms. The maximum atomic E-state index is 13.1. The van der Waals surface area contributed by atoms with Gasteiger partial charge in [-0.2, -0.15) is 0 Å². The van der Waals surface area contributed by atoms with Crippen molar-refractivity contribution in [1.29, 1.82) is 0 Å². The number of anilines is 2. The van der Waals surface area contributed by atoms with Crippen molar-refractivity contribution in [2.75, 3.05) is 23.7 Å². The predicted molar refractivity (Wildman–Crippen MR) is 124 cm³/mol. The summed E-state index contributed by atoms with van der Waals surface area (Å²) in [5, 5.41) is 10.3. The van der Waals surface area contributed by atoms with E-state index in [0.29, 0.717) is 17.1 Å². The number of fused-ring (bicyclic) bond motifs is 1. The zero-order valence-electron chi connectivity index (χ0n) is 17.8. The van der Waals surface area contributed by atoms with Gasteiger partial charge in [0.1, 0.15) is 11.6 Å². The standard InChI is InChI=1S/C24H22FN7O/c25-18-5-3-15(4-6-18)23(33)32-24-28-12-17-2-1-16(11-20(17)31-24)21-13-27-14-22(30-21)29-19-7-9-26-10-8-19/h1-6,11-14,19,26H,7-10H2,(H,29,30)(H,28,31,32,33). The van der Waals surface area contributed by atoms with Crippen LogP contribution in [0.5, 0.6) is 0 Å². The average molecular weight is 443 g/mol. The van der Waals surface area contributed by atoms with Gasteiger partial charge in [-0.05, 0) is 56.3 Å². The zero-order valence-corrected chi connectivity index (χ0v) is 17.8. The number of amides is 1. The number of carbonyl (C=O) groups excluding carboxylic acids is 1. The summed E-state index contributed by atoms with van der Waals surface area (Å²) in [6.45, 7) is 1.99. The molecule has 0 bridgehead atoms. The highest BCUT2D eigenvalue weighted by Crippen LogP contribution is 2.23. The van der Waals surface area contributed by atoms with E-state index in [-0.39, 0.29) is 5.95 Å². The van der Waals surface area contributed by atoms with Crippen LogP contribution in [-0.2, 0) is 0 Å². The first-order valence-corrected chi connectivity index (χ1v) is 10.8. The van der Waals surface area contributed by atoms with Crippen LogP contribution in [0.15, 0.2) is 61.1 Å². The number of hydrogen-bond donors (Lipinski definition) is 3. The Morgan fingerprint density at radius 1 is 1.00 bits per heavy atom. The maximum absolute atomic E-state index is 13.1. The highest BCUT2D eigenvalue weighted by molar-refractivity contribution is 6.03. The smallest absolute Gasteiger partial charge is 0.258 e. The van der Waals surface area contributed by atoms with E-state index in [1.54, 1.807) is 18.6 Å². The van der Waals surface area contributed by atoms with Crippen molar-refractivity contribution in [2.45, 2.75) is 18.9 Å². The summed E-state index contributed by atoms with van der Waals surface area (Å²) in [6.07, 6.45) is 7.19. The number of carbonyl (C=O) groups is 1. The van der Waals surface area contributed by atoms with Crippen molar-refractivity contribution >= 4 is 28.6 Å². The lowest BCUT2D eigenvalue weighted by Crippen LogP contribution is -2.35. The highest BCUT2D eigenvalue weighted by atomic mass is 19.1. The molecule has 0 atom stereocenters. The van der Waals surface area contributed by atoms with Crippen LogP contribution in [0.25, 0.3) is 22.2 Å². The molecule has 0 spiro atoms. The number of halogens is 1. The van der Waals surface area contributed by atoms with E-state index < -0.39 is 11.7 Å². The molecule has 3 N–H and O–H groups in total. The molecule has 1 amide bonds. The second-order valence-corrected chi connectivity index (χ2v) is 7.89. The minimum Gasteiger partial charge on any atom is -0.366 e. The summed E-state index contributed by atoms with van der Waals surface area (Å²) in [4.78, 5) is 30.2. The van der Waals surface area contributed by atoms with Gasteiger partial charge in [0.05, 0.1) is 23.6 Å². The largest absolute Gasteiger partial charge is 0.366 e. The number of piperidine rings is 1. The molecule has 9 heteroatoms. The number of rotatable bonds is 5. The number of benzene rings is 2. The average Bonchev–Trinajstić information content (AvgIpc) is 2.85. The molecule has 1 saturated heterocycles.